The van der Waals surface area contributed by atoms with Crippen LogP contribution in [0.1, 0.15) is 39.3 Å². The summed E-state index contributed by atoms with van der Waals surface area (Å²) in [4.78, 5) is 41.0. The Morgan fingerprint density at radius 3 is 2.83 bits per heavy atom. The SMILES string of the molecule is COCCCN1C(=O)c2c(O)c(=O)c(C(=O)NCc3ccc(F)cc3F)cn2N2C=C3COCCC312. The van der Waals surface area contributed by atoms with Gasteiger partial charge in [-0.1, -0.05) is 6.07 Å². The van der Waals surface area contributed by atoms with Gasteiger partial charge in [-0.25, -0.2) is 13.5 Å². The number of carbonyl (C=O) groups excluding carboxylic acids is 2. The molecule has 0 radical (unpaired) electrons. The molecule has 1 saturated heterocycles. The van der Waals surface area contributed by atoms with Gasteiger partial charge in [-0.3, -0.25) is 19.4 Å². The number of benzene rings is 1. The zero-order chi connectivity index (χ0) is 25.6. The molecule has 1 unspecified atom stereocenters. The van der Waals surface area contributed by atoms with Crippen LogP contribution in [0, 0.1) is 11.6 Å². The van der Waals surface area contributed by atoms with Crippen LogP contribution in [-0.2, 0) is 16.0 Å². The van der Waals surface area contributed by atoms with Gasteiger partial charge < -0.3 is 24.8 Å². The van der Waals surface area contributed by atoms with Gasteiger partial charge >= 0.3 is 0 Å². The number of carbonyl (C=O) groups is 2. The third-order valence-corrected chi connectivity index (χ3v) is 6.74. The lowest BCUT2D eigenvalue weighted by atomic mass is 9.84. The molecule has 3 aliphatic rings. The first-order valence-corrected chi connectivity index (χ1v) is 11.4. The van der Waals surface area contributed by atoms with Crippen molar-refractivity contribution in [3.05, 3.63) is 74.8 Å². The molecule has 36 heavy (non-hydrogen) atoms. The zero-order valence-corrected chi connectivity index (χ0v) is 19.4. The van der Waals surface area contributed by atoms with E-state index >= 15 is 0 Å². The molecule has 0 bridgehead atoms. The third-order valence-electron chi connectivity index (χ3n) is 6.74. The van der Waals surface area contributed by atoms with Gasteiger partial charge in [0, 0.05) is 62.8 Å². The average Bonchev–Trinajstić information content (AvgIpc) is 2.83. The molecular weight excluding hydrogens is 478 g/mol. The Morgan fingerprint density at radius 2 is 2.11 bits per heavy atom. The molecule has 1 aromatic heterocycles. The van der Waals surface area contributed by atoms with Crippen LogP contribution in [-0.4, -0.2) is 65.6 Å². The predicted octanol–water partition coefficient (Wildman–Crippen LogP) is 1.21. The summed E-state index contributed by atoms with van der Waals surface area (Å²) in [6.07, 6.45) is 3.94. The van der Waals surface area contributed by atoms with Crippen LogP contribution in [0.4, 0.5) is 8.78 Å². The van der Waals surface area contributed by atoms with Crippen molar-refractivity contribution in [2.24, 2.45) is 0 Å². The summed E-state index contributed by atoms with van der Waals surface area (Å²) >= 11 is 0. The lowest BCUT2D eigenvalue weighted by Crippen LogP contribution is -2.76. The highest BCUT2D eigenvalue weighted by atomic mass is 19.1. The van der Waals surface area contributed by atoms with Crippen molar-refractivity contribution in [2.45, 2.75) is 25.0 Å². The smallest absolute Gasteiger partial charge is 0.278 e. The summed E-state index contributed by atoms with van der Waals surface area (Å²) in [6.45, 7) is 1.14. The van der Waals surface area contributed by atoms with E-state index < -0.39 is 45.9 Å². The van der Waals surface area contributed by atoms with E-state index in [0.717, 1.165) is 11.6 Å². The molecule has 0 aliphatic carbocycles. The Kier molecular flexibility index (Phi) is 6.00. The topological polar surface area (TPSA) is 113 Å². The van der Waals surface area contributed by atoms with Crippen LogP contribution in [0.15, 0.2) is 41.0 Å². The minimum absolute atomic E-state index is 0.0189. The summed E-state index contributed by atoms with van der Waals surface area (Å²) in [7, 11) is 1.56. The Balaban J connectivity index is 1.51. The standard InChI is InChI=1S/C24H24F2N4O6/c1-35-7-2-6-28-23(34)19-21(32)20(31)17(22(33)27-10-14-3-4-16(25)9-18(14)26)12-29(19)30-11-15-13-36-8-5-24(15,28)30/h3-4,9,11-12,32H,2,5-8,10,13H2,1H3,(H,27,33). The second-order valence-corrected chi connectivity index (χ2v) is 8.75. The number of ether oxygens (including phenoxy) is 2. The van der Waals surface area contributed by atoms with E-state index in [-0.39, 0.29) is 17.8 Å². The van der Waals surface area contributed by atoms with Gasteiger partial charge in [0.15, 0.2) is 17.1 Å². The van der Waals surface area contributed by atoms with Crippen molar-refractivity contribution in [3.63, 3.8) is 0 Å². The van der Waals surface area contributed by atoms with Crippen LogP contribution >= 0.6 is 0 Å². The molecule has 1 fully saturated rings. The second-order valence-electron chi connectivity index (χ2n) is 8.75. The molecule has 2 amide bonds. The van der Waals surface area contributed by atoms with Crippen molar-refractivity contribution in [3.8, 4) is 5.75 Å². The van der Waals surface area contributed by atoms with Gasteiger partial charge in [-0.2, -0.15) is 0 Å². The lowest BCUT2D eigenvalue weighted by molar-refractivity contribution is -0.0140. The molecule has 1 atom stereocenters. The summed E-state index contributed by atoms with van der Waals surface area (Å²) < 4.78 is 39.1. The van der Waals surface area contributed by atoms with E-state index in [0.29, 0.717) is 45.3 Å². The normalized spacial score (nSPS) is 20.2. The number of halogens is 2. The number of hydrogen-bond acceptors (Lipinski definition) is 7. The lowest BCUT2D eigenvalue weighted by Gasteiger charge is -2.62. The van der Waals surface area contributed by atoms with Gasteiger partial charge in [0.2, 0.25) is 5.43 Å². The third kappa shape index (κ3) is 3.56. The molecule has 2 N–H and O–H groups in total. The van der Waals surface area contributed by atoms with Crippen LogP contribution in [0.5, 0.6) is 5.75 Å². The molecule has 3 aliphatic heterocycles. The van der Waals surface area contributed by atoms with E-state index in [9.17, 15) is 28.3 Å². The molecule has 2 aromatic rings. The van der Waals surface area contributed by atoms with E-state index in [1.165, 1.54) is 16.9 Å². The zero-order valence-electron chi connectivity index (χ0n) is 19.4. The highest BCUT2D eigenvalue weighted by molar-refractivity contribution is 6.00. The summed E-state index contributed by atoms with van der Waals surface area (Å²) in [5, 5.41) is 14.9. The van der Waals surface area contributed by atoms with Crippen molar-refractivity contribution in [2.75, 3.05) is 38.5 Å². The maximum Gasteiger partial charge on any atom is 0.278 e. The van der Waals surface area contributed by atoms with Gasteiger partial charge in [-0.05, 0) is 12.5 Å². The fraction of sp³-hybridized carbons (Fsp3) is 0.375. The van der Waals surface area contributed by atoms with Gasteiger partial charge in [-0.15, -0.1) is 0 Å². The second kappa shape index (κ2) is 9.03. The molecule has 1 aromatic carbocycles. The molecule has 12 heteroatoms. The van der Waals surface area contributed by atoms with Crippen molar-refractivity contribution in [1.82, 2.24) is 14.9 Å². The number of nitrogens with zero attached hydrogens (tertiary/aromatic N) is 3. The van der Waals surface area contributed by atoms with Crippen LogP contribution < -0.4 is 15.8 Å². The number of nitrogens with one attached hydrogen (secondary N) is 1. The Labute approximate surface area is 204 Å². The van der Waals surface area contributed by atoms with Crippen molar-refractivity contribution >= 4 is 11.8 Å². The van der Waals surface area contributed by atoms with E-state index in [4.69, 9.17) is 9.47 Å². The first-order valence-electron chi connectivity index (χ1n) is 11.4. The first-order chi connectivity index (χ1) is 17.3. The van der Waals surface area contributed by atoms with E-state index in [1.807, 2.05) is 0 Å². The number of rotatable bonds is 7. The van der Waals surface area contributed by atoms with Crippen LogP contribution in [0.3, 0.4) is 0 Å². The summed E-state index contributed by atoms with van der Waals surface area (Å²) in [5.41, 5.74) is -1.68. The molecule has 190 valence electrons. The minimum Gasteiger partial charge on any atom is -0.502 e. The number of aromatic hydroxyl groups is 1. The van der Waals surface area contributed by atoms with E-state index in [2.05, 4.69) is 5.32 Å². The molecular formula is C24H24F2N4O6. The molecule has 0 saturated carbocycles. The van der Waals surface area contributed by atoms with Crippen LogP contribution in [0.25, 0.3) is 0 Å². The predicted molar refractivity (Wildman–Crippen MR) is 122 cm³/mol. The maximum atomic E-state index is 14.0. The van der Waals surface area contributed by atoms with Gasteiger partial charge in [0.05, 0.1) is 13.2 Å². The number of amides is 2. The highest BCUT2D eigenvalue weighted by Gasteiger charge is 2.59. The summed E-state index contributed by atoms with van der Waals surface area (Å²) in [6, 6.07) is 2.92. The number of hydrogen-bond donors (Lipinski definition) is 2. The highest BCUT2D eigenvalue weighted by Crippen LogP contribution is 2.46. The van der Waals surface area contributed by atoms with Crippen molar-refractivity contribution < 1.29 is 33.0 Å². The molecule has 10 nitrogen and oxygen atoms in total. The monoisotopic (exact) mass is 502 g/mol. The summed E-state index contributed by atoms with van der Waals surface area (Å²) in [5.74, 6) is -3.90. The Morgan fingerprint density at radius 1 is 1.31 bits per heavy atom. The maximum absolute atomic E-state index is 14.0. The minimum atomic E-state index is -1.03. The largest absolute Gasteiger partial charge is 0.502 e. The molecule has 1 spiro atoms. The van der Waals surface area contributed by atoms with Crippen LogP contribution in [0.2, 0.25) is 0 Å². The fourth-order valence-electron chi connectivity index (χ4n) is 4.94. The molecule has 4 heterocycles. The first kappa shape index (κ1) is 23.9. The number of fused-ring (bicyclic) bond motifs is 2. The quantitative estimate of drug-likeness (QED) is 0.547. The average molecular weight is 502 g/mol. The van der Waals surface area contributed by atoms with Gasteiger partial charge in [0.25, 0.3) is 11.8 Å². The van der Waals surface area contributed by atoms with E-state index in [1.54, 1.807) is 23.2 Å². The Bertz CT molecular complexity index is 1340. The fourth-order valence-corrected chi connectivity index (χ4v) is 4.94. The van der Waals surface area contributed by atoms with Crippen molar-refractivity contribution in [1.29, 1.82) is 0 Å². The number of methoxy groups -OCH3 is 1. The Hall–Kier alpha value is -3.77. The number of aromatic nitrogens is 1. The van der Waals surface area contributed by atoms with Gasteiger partial charge in [0.1, 0.15) is 17.2 Å². The number of pyridine rings is 1. The molecule has 5 rings (SSSR count).